The quantitative estimate of drug-likeness (QED) is 0.662. The SMILES string of the molecule is CCCCOc1ccc(CNCCO)cc1. The highest BCUT2D eigenvalue weighted by Gasteiger charge is 1.95. The Hall–Kier alpha value is -1.06. The average molecular weight is 223 g/mol. The average Bonchev–Trinajstić information content (AvgIpc) is 2.32. The zero-order valence-electron chi connectivity index (χ0n) is 9.91. The molecule has 0 saturated carbocycles. The third-order valence-electron chi connectivity index (χ3n) is 2.31. The van der Waals surface area contributed by atoms with Gasteiger partial charge in [0.25, 0.3) is 0 Å². The first kappa shape index (κ1) is 13.0. The van der Waals surface area contributed by atoms with Crippen LogP contribution in [0.1, 0.15) is 25.3 Å². The number of benzene rings is 1. The Kier molecular flexibility index (Phi) is 6.61. The molecule has 3 nitrogen and oxygen atoms in total. The molecule has 0 aliphatic heterocycles. The van der Waals surface area contributed by atoms with Crippen LogP contribution in [0, 0.1) is 0 Å². The number of nitrogens with one attached hydrogen (secondary N) is 1. The molecule has 0 radical (unpaired) electrons. The van der Waals surface area contributed by atoms with Crippen molar-refractivity contribution in [3.8, 4) is 5.75 Å². The monoisotopic (exact) mass is 223 g/mol. The zero-order valence-corrected chi connectivity index (χ0v) is 9.91. The number of ether oxygens (including phenoxy) is 1. The molecule has 1 aromatic rings. The van der Waals surface area contributed by atoms with Gasteiger partial charge in [-0.2, -0.15) is 0 Å². The first-order valence-corrected chi connectivity index (χ1v) is 5.90. The standard InChI is InChI=1S/C13H21NO2/c1-2-3-10-16-13-6-4-12(5-7-13)11-14-8-9-15/h4-7,14-15H,2-3,8-11H2,1H3. The van der Waals surface area contributed by atoms with E-state index in [1.54, 1.807) is 0 Å². The largest absolute Gasteiger partial charge is 0.494 e. The normalized spacial score (nSPS) is 10.4. The van der Waals surface area contributed by atoms with Crippen molar-refractivity contribution in [3.63, 3.8) is 0 Å². The Morgan fingerprint density at radius 2 is 2.00 bits per heavy atom. The smallest absolute Gasteiger partial charge is 0.119 e. The number of hydrogen-bond acceptors (Lipinski definition) is 3. The van der Waals surface area contributed by atoms with Crippen LogP contribution in [0.15, 0.2) is 24.3 Å². The second-order valence-corrected chi connectivity index (χ2v) is 3.75. The molecule has 1 rings (SSSR count). The number of aliphatic hydroxyl groups excluding tert-OH is 1. The summed E-state index contributed by atoms with van der Waals surface area (Å²) in [5.74, 6) is 0.930. The van der Waals surface area contributed by atoms with Crippen molar-refractivity contribution in [3.05, 3.63) is 29.8 Å². The minimum atomic E-state index is 0.179. The van der Waals surface area contributed by atoms with Gasteiger partial charge in [0.2, 0.25) is 0 Å². The molecule has 0 fully saturated rings. The van der Waals surface area contributed by atoms with Crippen molar-refractivity contribution in [1.29, 1.82) is 0 Å². The predicted octanol–water partition coefficient (Wildman–Crippen LogP) is 1.95. The van der Waals surface area contributed by atoms with Gasteiger partial charge in [-0.1, -0.05) is 25.5 Å². The molecule has 2 N–H and O–H groups in total. The van der Waals surface area contributed by atoms with Gasteiger partial charge in [-0.15, -0.1) is 0 Å². The second-order valence-electron chi connectivity index (χ2n) is 3.75. The predicted molar refractivity (Wildman–Crippen MR) is 65.6 cm³/mol. The molecule has 0 aliphatic rings. The van der Waals surface area contributed by atoms with E-state index < -0.39 is 0 Å². The van der Waals surface area contributed by atoms with Crippen LogP contribution in [0.5, 0.6) is 5.75 Å². The summed E-state index contributed by atoms with van der Waals surface area (Å²) in [5.41, 5.74) is 1.20. The van der Waals surface area contributed by atoms with Crippen LogP contribution >= 0.6 is 0 Å². The number of unbranched alkanes of at least 4 members (excludes halogenated alkanes) is 1. The van der Waals surface area contributed by atoms with Gasteiger partial charge in [0.05, 0.1) is 13.2 Å². The fraction of sp³-hybridized carbons (Fsp3) is 0.538. The first-order chi connectivity index (χ1) is 7.86. The molecular formula is C13H21NO2. The summed E-state index contributed by atoms with van der Waals surface area (Å²) >= 11 is 0. The fourth-order valence-corrected chi connectivity index (χ4v) is 1.35. The molecule has 90 valence electrons. The maximum atomic E-state index is 8.63. The van der Waals surface area contributed by atoms with E-state index in [0.29, 0.717) is 6.54 Å². The lowest BCUT2D eigenvalue weighted by atomic mass is 10.2. The summed E-state index contributed by atoms with van der Waals surface area (Å²) in [4.78, 5) is 0. The number of hydrogen-bond donors (Lipinski definition) is 2. The highest BCUT2D eigenvalue weighted by Crippen LogP contribution is 2.12. The highest BCUT2D eigenvalue weighted by atomic mass is 16.5. The van der Waals surface area contributed by atoms with Gasteiger partial charge in [0.15, 0.2) is 0 Å². The molecule has 0 spiro atoms. The molecule has 0 aromatic heterocycles. The minimum Gasteiger partial charge on any atom is -0.494 e. The third-order valence-corrected chi connectivity index (χ3v) is 2.31. The van der Waals surface area contributed by atoms with Gasteiger partial charge in [0.1, 0.15) is 5.75 Å². The first-order valence-electron chi connectivity index (χ1n) is 5.90. The molecule has 3 heteroatoms. The van der Waals surface area contributed by atoms with Crippen molar-refractivity contribution in [2.75, 3.05) is 19.8 Å². The van der Waals surface area contributed by atoms with E-state index in [-0.39, 0.29) is 6.61 Å². The van der Waals surface area contributed by atoms with E-state index in [0.717, 1.165) is 31.7 Å². The summed E-state index contributed by atoms with van der Waals surface area (Å²) in [6.45, 7) is 4.54. The molecule has 1 aromatic carbocycles. The molecule has 16 heavy (non-hydrogen) atoms. The van der Waals surface area contributed by atoms with Crippen molar-refractivity contribution in [2.24, 2.45) is 0 Å². The lowest BCUT2D eigenvalue weighted by Gasteiger charge is -2.07. The lowest BCUT2D eigenvalue weighted by Crippen LogP contribution is -2.17. The van der Waals surface area contributed by atoms with Crippen LogP contribution in [0.3, 0.4) is 0 Å². The molecule has 0 heterocycles. The van der Waals surface area contributed by atoms with Gasteiger partial charge < -0.3 is 15.2 Å². The van der Waals surface area contributed by atoms with Crippen molar-refractivity contribution in [2.45, 2.75) is 26.3 Å². The Morgan fingerprint density at radius 3 is 2.62 bits per heavy atom. The topological polar surface area (TPSA) is 41.5 Å². The van der Waals surface area contributed by atoms with Crippen LogP contribution in [0.4, 0.5) is 0 Å². The number of aliphatic hydroxyl groups is 1. The lowest BCUT2D eigenvalue weighted by molar-refractivity contribution is 0.292. The Bertz CT molecular complexity index is 243. The highest BCUT2D eigenvalue weighted by molar-refractivity contribution is 5.27. The van der Waals surface area contributed by atoms with E-state index in [4.69, 9.17) is 9.84 Å². The molecule has 0 amide bonds. The summed E-state index contributed by atoms with van der Waals surface area (Å²) < 4.78 is 5.57. The molecule has 0 saturated heterocycles. The molecule has 0 atom stereocenters. The molecular weight excluding hydrogens is 202 g/mol. The molecule has 0 aliphatic carbocycles. The van der Waals surface area contributed by atoms with Crippen LogP contribution in [-0.2, 0) is 6.54 Å². The Balaban J connectivity index is 2.30. The summed E-state index contributed by atoms with van der Waals surface area (Å²) in [7, 11) is 0. The second kappa shape index (κ2) is 8.13. The Labute approximate surface area is 97.4 Å². The van der Waals surface area contributed by atoms with Gasteiger partial charge in [-0.3, -0.25) is 0 Å². The molecule has 0 bridgehead atoms. The van der Waals surface area contributed by atoms with Crippen molar-refractivity contribution in [1.82, 2.24) is 5.32 Å². The van der Waals surface area contributed by atoms with Gasteiger partial charge >= 0.3 is 0 Å². The van der Waals surface area contributed by atoms with E-state index in [2.05, 4.69) is 12.2 Å². The van der Waals surface area contributed by atoms with Crippen LogP contribution < -0.4 is 10.1 Å². The van der Waals surface area contributed by atoms with Crippen LogP contribution in [-0.4, -0.2) is 24.9 Å². The Morgan fingerprint density at radius 1 is 1.25 bits per heavy atom. The van der Waals surface area contributed by atoms with Crippen LogP contribution in [0.2, 0.25) is 0 Å². The third kappa shape index (κ3) is 5.14. The van der Waals surface area contributed by atoms with Crippen molar-refractivity contribution >= 4 is 0 Å². The van der Waals surface area contributed by atoms with Gasteiger partial charge in [-0.25, -0.2) is 0 Å². The summed E-state index contributed by atoms with van der Waals surface area (Å²) in [6.07, 6.45) is 2.25. The minimum absolute atomic E-state index is 0.179. The van der Waals surface area contributed by atoms with E-state index in [1.807, 2.05) is 24.3 Å². The van der Waals surface area contributed by atoms with E-state index in [1.165, 1.54) is 5.56 Å². The van der Waals surface area contributed by atoms with Crippen molar-refractivity contribution < 1.29 is 9.84 Å². The molecule has 0 unspecified atom stereocenters. The van der Waals surface area contributed by atoms with Crippen LogP contribution in [0.25, 0.3) is 0 Å². The fourth-order valence-electron chi connectivity index (χ4n) is 1.35. The van der Waals surface area contributed by atoms with Gasteiger partial charge in [0, 0.05) is 13.1 Å². The number of rotatable bonds is 8. The summed E-state index contributed by atoms with van der Waals surface area (Å²) in [5, 5.41) is 11.8. The van der Waals surface area contributed by atoms with E-state index >= 15 is 0 Å². The zero-order chi connectivity index (χ0) is 11.6. The maximum Gasteiger partial charge on any atom is 0.119 e. The van der Waals surface area contributed by atoms with Gasteiger partial charge in [-0.05, 0) is 24.1 Å². The summed E-state index contributed by atoms with van der Waals surface area (Å²) in [6, 6.07) is 8.08. The van der Waals surface area contributed by atoms with E-state index in [9.17, 15) is 0 Å². The maximum absolute atomic E-state index is 8.63.